The van der Waals surface area contributed by atoms with Gasteiger partial charge in [-0.2, -0.15) is 0 Å². The molecule has 0 aromatic carbocycles. The molecular formula is C7H12O2S. The molecule has 0 aromatic heterocycles. The summed E-state index contributed by atoms with van der Waals surface area (Å²) in [6.07, 6.45) is 1.56. The molecule has 2 nitrogen and oxygen atoms in total. The summed E-state index contributed by atoms with van der Waals surface area (Å²) in [5.41, 5.74) is 0.956. The maximum Gasteiger partial charge on any atom is 0.174 e. The number of rotatable bonds is 0. The molecule has 1 saturated heterocycles. The van der Waals surface area contributed by atoms with Crippen molar-refractivity contribution in [3.8, 4) is 0 Å². The van der Waals surface area contributed by atoms with Crippen LogP contribution >= 0.6 is 0 Å². The van der Waals surface area contributed by atoms with Crippen molar-refractivity contribution in [2.24, 2.45) is 0 Å². The Labute approximate surface area is 61.9 Å². The highest BCUT2D eigenvalue weighted by molar-refractivity contribution is 7.95. The summed E-state index contributed by atoms with van der Waals surface area (Å²) in [7, 11) is -2.81. The van der Waals surface area contributed by atoms with E-state index < -0.39 is 9.84 Å². The van der Waals surface area contributed by atoms with Gasteiger partial charge in [-0.3, -0.25) is 0 Å². The van der Waals surface area contributed by atoms with E-state index in [-0.39, 0.29) is 0 Å². The molecular weight excluding hydrogens is 148 g/mol. The van der Waals surface area contributed by atoms with E-state index >= 15 is 0 Å². The normalized spacial score (nSPS) is 23.2. The Kier molecular flexibility index (Phi) is 1.86. The van der Waals surface area contributed by atoms with Crippen molar-refractivity contribution in [1.29, 1.82) is 0 Å². The second-order valence-corrected chi connectivity index (χ2v) is 4.98. The van der Waals surface area contributed by atoms with Crippen LogP contribution in [0.4, 0.5) is 0 Å². The minimum Gasteiger partial charge on any atom is -0.224 e. The molecule has 0 spiro atoms. The van der Waals surface area contributed by atoms with Crippen LogP contribution in [0, 0.1) is 0 Å². The molecule has 3 heteroatoms. The van der Waals surface area contributed by atoms with Crippen LogP contribution in [-0.2, 0) is 9.84 Å². The van der Waals surface area contributed by atoms with E-state index in [0.717, 1.165) is 18.4 Å². The topological polar surface area (TPSA) is 34.1 Å². The zero-order chi connectivity index (χ0) is 7.78. The molecule has 0 unspecified atom stereocenters. The first kappa shape index (κ1) is 7.79. The van der Waals surface area contributed by atoms with Crippen LogP contribution in [0.2, 0.25) is 0 Å². The van der Waals surface area contributed by atoms with Gasteiger partial charge < -0.3 is 0 Å². The van der Waals surface area contributed by atoms with E-state index in [4.69, 9.17) is 0 Å². The van der Waals surface area contributed by atoms with E-state index in [9.17, 15) is 8.42 Å². The van der Waals surface area contributed by atoms with E-state index in [1.165, 1.54) is 0 Å². The first-order valence-electron chi connectivity index (χ1n) is 3.43. The van der Waals surface area contributed by atoms with Gasteiger partial charge in [0.2, 0.25) is 0 Å². The number of allylic oxidation sites excluding steroid dienone is 2. The van der Waals surface area contributed by atoms with Crippen LogP contribution in [0.3, 0.4) is 0 Å². The average molecular weight is 160 g/mol. The highest BCUT2D eigenvalue weighted by Crippen LogP contribution is 2.26. The summed E-state index contributed by atoms with van der Waals surface area (Å²) in [6, 6.07) is 0. The molecule has 1 aliphatic rings. The molecule has 0 aromatic rings. The largest absolute Gasteiger partial charge is 0.224 e. The van der Waals surface area contributed by atoms with Gasteiger partial charge in [0.25, 0.3) is 0 Å². The average Bonchev–Trinajstić information content (AvgIpc) is 2.08. The second kappa shape index (κ2) is 2.38. The van der Waals surface area contributed by atoms with Gasteiger partial charge in [0.15, 0.2) is 9.84 Å². The molecule has 1 rings (SSSR count). The van der Waals surface area contributed by atoms with Crippen molar-refractivity contribution in [3.63, 3.8) is 0 Å². The van der Waals surface area contributed by atoms with Crippen LogP contribution < -0.4 is 0 Å². The molecule has 58 valence electrons. The Morgan fingerprint density at radius 3 is 2.20 bits per heavy atom. The molecule has 0 radical (unpaired) electrons. The maximum absolute atomic E-state index is 11.1. The molecule has 0 N–H and O–H groups in total. The molecule has 10 heavy (non-hydrogen) atoms. The van der Waals surface area contributed by atoms with Crippen molar-refractivity contribution >= 4 is 9.84 Å². The molecule has 1 aliphatic heterocycles. The molecule has 0 amide bonds. The SMILES string of the molecule is CC(C)=C1CCCS1(=O)=O. The van der Waals surface area contributed by atoms with E-state index in [0.29, 0.717) is 10.7 Å². The summed E-state index contributed by atoms with van der Waals surface area (Å²) < 4.78 is 22.3. The van der Waals surface area contributed by atoms with Gasteiger partial charge in [-0.1, -0.05) is 5.57 Å². The maximum atomic E-state index is 11.1. The third-order valence-electron chi connectivity index (χ3n) is 1.75. The summed E-state index contributed by atoms with van der Waals surface area (Å²) in [5, 5.41) is 0. The fourth-order valence-electron chi connectivity index (χ4n) is 1.26. The molecule has 0 atom stereocenters. The number of sulfone groups is 1. The third-order valence-corrected chi connectivity index (χ3v) is 3.94. The van der Waals surface area contributed by atoms with Crippen LogP contribution in [0.15, 0.2) is 10.5 Å². The fraction of sp³-hybridized carbons (Fsp3) is 0.714. The van der Waals surface area contributed by atoms with Gasteiger partial charge in [-0.15, -0.1) is 0 Å². The zero-order valence-electron chi connectivity index (χ0n) is 6.35. The van der Waals surface area contributed by atoms with Gasteiger partial charge in [0, 0.05) is 4.91 Å². The first-order valence-corrected chi connectivity index (χ1v) is 5.08. The quantitative estimate of drug-likeness (QED) is 0.538. The van der Waals surface area contributed by atoms with Gasteiger partial charge in [-0.25, -0.2) is 8.42 Å². The minimum atomic E-state index is -2.81. The second-order valence-electron chi connectivity index (χ2n) is 2.85. The molecule has 0 saturated carbocycles. The molecule has 0 bridgehead atoms. The van der Waals surface area contributed by atoms with Crippen molar-refractivity contribution < 1.29 is 8.42 Å². The van der Waals surface area contributed by atoms with Crippen molar-refractivity contribution in [1.82, 2.24) is 0 Å². The van der Waals surface area contributed by atoms with E-state index in [1.54, 1.807) is 0 Å². The van der Waals surface area contributed by atoms with Gasteiger partial charge >= 0.3 is 0 Å². The van der Waals surface area contributed by atoms with Gasteiger partial charge in [0.05, 0.1) is 5.75 Å². The number of hydrogen-bond donors (Lipinski definition) is 0. The van der Waals surface area contributed by atoms with E-state index in [1.807, 2.05) is 13.8 Å². The summed E-state index contributed by atoms with van der Waals surface area (Å²) >= 11 is 0. The lowest BCUT2D eigenvalue weighted by atomic mass is 10.2. The summed E-state index contributed by atoms with van der Waals surface area (Å²) in [4.78, 5) is 0.674. The summed E-state index contributed by atoms with van der Waals surface area (Å²) in [6.45, 7) is 3.72. The number of hydrogen-bond acceptors (Lipinski definition) is 2. The highest BCUT2D eigenvalue weighted by atomic mass is 32.2. The van der Waals surface area contributed by atoms with E-state index in [2.05, 4.69) is 0 Å². The Bertz CT molecular complexity index is 255. The van der Waals surface area contributed by atoms with Crippen molar-refractivity contribution in [3.05, 3.63) is 10.5 Å². The van der Waals surface area contributed by atoms with Crippen molar-refractivity contribution in [2.75, 3.05) is 5.75 Å². The predicted octanol–water partition coefficient (Wildman–Crippen LogP) is 1.49. The smallest absolute Gasteiger partial charge is 0.174 e. The Morgan fingerprint density at radius 2 is 2.00 bits per heavy atom. The fourth-order valence-corrected chi connectivity index (χ4v) is 3.11. The Balaban J connectivity index is 3.14. The Hall–Kier alpha value is -0.310. The van der Waals surface area contributed by atoms with Gasteiger partial charge in [0.1, 0.15) is 0 Å². The lowest BCUT2D eigenvalue weighted by Crippen LogP contribution is -1.99. The molecule has 1 heterocycles. The van der Waals surface area contributed by atoms with Crippen molar-refractivity contribution in [2.45, 2.75) is 26.7 Å². The predicted molar refractivity (Wildman–Crippen MR) is 41.4 cm³/mol. The standard InChI is InChI=1S/C7H12O2S/c1-6(2)7-4-3-5-10(7,8)9/h3-5H2,1-2H3. The molecule has 1 fully saturated rings. The monoisotopic (exact) mass is 160 g/mol. The Morgan fingerprint density at radius 1 is 1.40 bits per heavy atom. The van der Waals surface area contributed by atoms with Crippen LogP contribution in [0.1, 0.15) is 26.7 Å². The third kappa shape index (κ3) is 1.24. The van der Waals surface area contributed by atoms with Gasteiger partial charge in [-0.05, 0) is 26.7 Å². The molecule has 0 aliphatic carbocycles. The van der Waals surface area contributed by atoms with Crippen LogP contribution in [-0.4, -0.2) is 14.2 Å². The highest BCUT2D eigenvalue weighted by Gasteiger charge is 2.24. The first-order chi connectivity index (χ1) is 4.54. The summed E-state index contributed by atoms with van der Waals surface area (Å²) in [5.74, 6) is 0.355. The lowest BCUT2D eigenvalue weighted by Gasteiger charge is -1.97. The lowest BCUT2D eigenvalue weighted by molar-refractivity contribution is 0.605. The minimum absolute atomic E-state index is 0.355. The van der Waals surface area contributed by atoms with Crippen LogP contribution in [0.5, 0.6) is 0 Å². The van der Waals surface area contributed by atoms with Crippen LogP contribution in [0.25, 0.3) is 0 Å². The zero-order valence-corrected chi connectivity index (χ0v) is 7.16.